The van der Waals surface area contributed by atoms with Crippen LogP contribution >= 0.6 is 0 Å². The quantitative estimate of drug-likeness (QED) is 0.777. The number of aromatic amines is 1. The molecule has 6 heteroatoms. The average molecular weight is 208 g/mol. The van der Waals surface area contributed by atoms with Crippen LogP contribution in [0.5, 0.6) is 6.01 Å². The second kappa shape index (κ2) is 3.38. The molecule has 0 bridgehead atoms. The van der Waals surface area contributed by atoms with E-state index in [0.717, 1.165) is 5.69 Å². The van der Waals surface area contributed by atoms with Crippen molar-refractivity contribution in [3.8, 4) is 6.01 Å². The Morgan fingerprint density at radius 2 is 2.20 bits per heavy atom. The van der Waals surface area contributed by atoms with Gasteiger partial charge in [-0.05, 0) is 20.8 Å². The molecular formula is C9H12N4O2. The van der Waals surface area contributed by atoms with Crippen LogP contribution in [0.1, 0.15) is 18.2 Å². The van der Waals surface area contributed by atoms with Crippen LogP contribution in [0.3, 0.4) is 0 Å². The molecule has 6 nitrogen and oxygen atoms in total. The summed E-state index contributed by atoms with van der Waals surface area (Å²) in [5.74, 6) is 0.409. The lowest BCUT2D eigenvalue weighted by molar-refractivity contribution is 0.313. The van der Waals surface area contributed by atoms with Crippen molar-refractivity contribution in [2.45, 2.75) is 20.8 Å². The Hall–Kier alpha value is -1.85. The highest BCUT2D eigenvalue weighted by molar-refractivity contribution is 5.32. The Morgan fingerprint density at radius 1 is 1.47 bits per heavy atom. The Kier molecular flexibility index (Phi) is 2.18. The van der Waals surface area contributed by atoms with E-state index in [0.29, 0.717) is 17.9 Å². The minimum Gasteiger partial charge on any atom is -0.463 e. The molecule has 2 rings (SSSR count). The maximum absolute atomic E-state index is 11.4. The zero-order valence-corrected chi connectivity index (χ0v) is 8.87. The molecule has 0 aliphatic heterocycles. The summed E-state index contributed by atoms with van der Waals surface area (Å²) in [5, 5.41) is 4.12. The smallest absolute Gasteiger partial charge is 0.337 e. The van der Waals surface area contributed by atoms with Gasteiger partial charge in [0.05, 0.1) is 12.3 Å². The highest BCUT2D eigenvalue weighted by atomic mass is 16.5. The van der Waals surface area contributed by atoms with E-state index in [4.69, 9.17) is 4.74 Å². The fourth-order valence-electron chi connectivity index (χ4n) is 1.32. The van der Waals surface area contributed by atoms with Crippen molar-refractivity contribution < 1.29 is 4.74 Å². The van der Waals surface area contributed by atoms with Crippen LogP contribution in [0.15, 0.2) is 4.79 Å². The van der Waals surface area contributed by atoms with Crippen molar-refractivity contribution in [3.05, 3.63) is 21.6 Å². The summed E-state index contributed by atoms with van der Waals surface area (Å²) < 4.78 is 6.73. The first-order valence-electron chi connectivity index (χ1n) is 4.72. The predicted molar refractivity (Wildman–Crippen MR) is 54.3 cm³/mol. The summed E-state index contributed by atoms with van der Waals surface area (Å²) in [6.45, 7) is 5.92. The monoisotopic (exact) mass is 208 g/mol. The summed E-state index contributed by atoms with van der Waals surface area (Å²) in [7, 11) is 0. The average Bonchev–Trinajstić information content (AvgIpc) is 2.58. The van der Waals surface area contributed by atoms with Crippen molar-refractivity contribution in [2.75, 3.05) is 6.61 Å². The molecule has 0 radical (unpaired) electrons. The molecule has 2 aromatic heterocycles. The van der Waals surface area contributed by atoms with Gasteiger partial charge in [0.1, 0.15) is 0 Å². The molecule has 1 N–H and O–H groups in total. The lowest BCUT2D eigenvalue weighted by Gasteiger charge is -1.99. The molecule has 2 aromatic rings. The highest BCUT2D eigenvalue weighted by Crippen LogP contribution is 2.07. The van der Waals surface area contributed by atoms with Crippen LogP contribution in [-0.4, -0.2) is 26.2 Å². The number of hydrogen-bond donors (Lipinski definition) is 1. The maximum Gasteiger partial charge on any atom is 0.337 e. The number of fused-ring (bicyclic) bond motifs is 1. The normalized spacial score (nSPS) is 10.9. The summed E-state index contributed by atoms with van der Waals surface area (Å²) >= 11 is 0. The van der Waals surface area contributed by atoms with Crippen LogP contribution in [0.4, 0.5) is 0 Å². The van der Waals surface area contributed by atoms with Crippen LogP contribution in [-0.2, 0) is 0 Å². The number of H-pyrrole nitrogens is 1. The molecule has 0 spiro atoms. The number of rotatable bonds is 2. The molecule has 0 amide bonds. The number of nitrogens with one attached hydrogen (secondary N) is 1. The van der Waals surface area contributed by atoms with E-state index in [1.54, 1.807) is 11.4 Å². The third-order valence-electron chi connectivity index (χ3n) is 2.29. The van der Waals surface area contributed by atoms with Crippen LogP contribution in [0, 0.1) is 13.8 Å². The predicted octanol–water partition coefficient (Wildman–Crippen LogP) is 0.433. The SMILES string of the molecule is CCOc1nc2[nH]c(=O)c(C)c(C)n2n1. The van der Waals surface area contributed by atoms with E-state index < -0.39 is 0 Å². The second-order valence-electron chi connectivity index (χ2n) is 3.23. The van der Waals surface area contributed by atoms with Gasteiger partial charge in [-0.1, -0.05) is 0 Å². The number of ether oxygens (including phenoxy) is 1. The fraction of sp³-hybridized carbons (Fsp3) is 0.444. The van der Waals surface area contributed by atoms with Gasteiger partial charge in [-0.3, -0.25) is 9.78 Å². The van der Waals surface area contributed by atoms with Gasteiger partial charge in [0.15, 0.2) is 0 Å². The molecule has 15 heavy (non-hydrogen) atoms. The fourth-order valence-corrected chi connectivity index (χ4v) is 1.32. The standard InChI is InChI=1S/C9H12N4O2/c1-4-15-9-11-8-10-7(14)5(2)6(3)13(8)12-9/h4H2,1-3H3,(H,10,11,12,14). The minimum absolute atomic E-state index is 0.143. The number of aromatic nitrogens is 4. The van der Waals surface area contributed by atoms with Crippen LogP contribution < -0.4 is 10.3 Å². The minimum atomic E-state index is -0.143. The molecule has 0 unspecified atom stereocenters. The van der Waals surface area contributed by atoms with E-state index in [1.165, 1.54) is 0 Å². The number of nitrogens with zero attached hydrogens (tertiary/aromatic N) is 3. The molecule has 0 aromatic carbocycles. The third-order valence-corrected chi connectivity index (χ3v) is 2.29. The van der Waals surface area contributed by atoms with E-state index in [1.807, 2.05) is 13.8 Å². The zero-order chi connectivity index (χ0) is 11.0. The summed E-state index contributed by atoms with van der Waals surface area (Å²) in [6.07, 6.45) is 0. The molecule has 0 saturated heterocycles. The maximum atomic E-state index is 11.4. The van der Waals surface area contributed by atoms with Crippen molar-refractivity contribution in [3.63, 3.8) is 0 Å². The molecule has 0 saturated carbocycles. The molecular weight excluding hydrogens is 196 g/mol. The van der Waals surface area contributed by atoms with E-state index in [2.05, 4.69) is 15.1 Å². The van der Waals surface area contributed by atoms with E-state index in [9.17, 15) is 4.79 Å². The van der Waals surface area contributed by atoms with Crippen LogP contribution in [0.25, 0.3) is 5.78 Å². The summed E-state index contributed by atoms with van der Waals surface area (Å²) in [4.78, 5) is 18.1. The molecule has 80 valence electrons. The second-order valence-corrected chi connectivity index (χ2v) is 3.23. The topological polar surface area (TPSA) is 72.3 Å². The van der Waals surface area contributed by atoms with Crippen molar-refractivity contribution in [1.29, 1.82) is 0 Å². The van der Waals surface area contributed by atoms with Crippen molar-refractivity contribution in [1.82, 2.24) is 19.6 Å². The number of hydrogen-bond acceptors (Lipinski definition) is 4. The zero-order valence-electron chi connectivity index (χ0n) is 8.87. The Labute approximate surface area is 85.9 Å². The van der Waals surface area contributed by atoms with E-state index >= 15 is 0 Å². The van der Waals surface area contributed by atoms with Crippen LogP contribution in [0.2, 0.25) is 0 Å². The summed E-state index contributed by atoms with van der Waals surface area (Å²) in [6, 6.07) is 0.279. The molecule has 0 atom stereocenters. The largest absolute Gasteiger partial charge is 0.463 e. The first kappa shape index (κ1) is 9.70. The van der Waals surface area contributed by atoms with Gasteiger partial charge >= 0.3 is 6.01 Å². The molecule has 0 aliphatic carbocycles. The van der Waals surface area contributed by atoms with Gasteiger partial charge in [0.2, 0.25) is 5.78 Å². The Balaban J connectivity index is 2.71. The van der Waals surface area contributed by atoms with Crippen molar-refractivity contribution >= 4 is 5.78 Å². The van der Waals surface area contributed by atoms with Gasteiger partial charge in [-0.2, -0.15) is 9.50 Å². The number of aryl methyl sites for hydroxylation is 1. The first-order chi connectivity index (χ1) is 7.13. The molecule has 2 heterocycles. The Morgan fingerprint density at radius 3 is 2.87 bits per heavy atom. The van der Waals surface area contributed by atoms with Gasteiger partial charge in [0.25, 0.3) is 5.56 Å². The third kappa shape index (κ3) is 1.47. The van der Waals surface area contributed by atoms with Gasteiger partial charge in [-0.15, -0.1) is 5.10 Å². The van der Waals surface area contributed by atoms with Gasteiger partial charge in [-0.25, -0.2) is 0 Å². The Bertz CT molecular complexity index is 555. The lowest BCUT2D eigenvalue weighted by Crippen LogP contribution is -2.15. The van der Waals surface area contributed by atoms with Crippen molar-refractivity contribution in [2.24, 2.45) is 0 Å². The highest BCUT2D eigenvalue weighted by Gasteiger charge is 2.10. The summed E-state index contributed by atoms with van der Waals surface area (Å²) in [5.41, 5.74) is 1.26. The first-order valence-corrected chi connectivity index (χ1v) is 4.72. The van der Waals surface area contributed by atoms with Gasteiger partial charge < -0.3 is 4.74 Å². The molecule has 0 fully saturated rings. The van der Waals surface area contributed by atoms with Gasteiger partial charge in [0, 0.05) is 5.56 Å². The molecule has 0 aliphatic rings. The lowest BCUT2D eigenvalue weighted by atomic mass is 10.3. The van der Waals surface area contributed by atoms with E-state index in [-0.39, 0.29) is 11.6 Å².